The number of likely N-dealkylation sites (tertiary alicyclic amines) is 1. The van der Waals surface area contributed by atoms with Crippen LogP contribution in [0.15, 0.2) is 12.4 Å². The lowest BCUT2D eigenvalue weighted by atomic mass is 9.88. The van der Waals surface area contributed by atoms with Gasteiger partial charge >= 0.3 is 6.09 Å². The summed E-state index contributed by atoms with van der Waals surface area (Å²) < 4.78 is 1.88. The predicted molar refractivity (Wildman–Crippen MR) is 60.7 cm³/mol. The molecule has 1 saturated heterocycles. The van der Waals surface area contributed by atoms with Crippen molar-refractivity contribution in [2.24, 2.45) is 7.05 Å². The molecule has 1 fully saturated rings. The molecule has 1 aromatic rings. The minimum Gasteiger partial charge on any atom is -0.465 e. The Hall–Kier alpha value is -1.56. The van der Waals surface area contributed by atoms with Crippen molar-refractivity contribution in [1.82, 2.24) is 14.5 Å². The van der Waals surface area contributed by atoms with Crippen LogP contribution >= 0.6 is 0 Å². The first-order valence-electron chi connectivity index (χ1n) is 5.67. The fourth-order valence-electron chi connectivity index (χ4n) is 2.15. The topological polar surface area (TPSA) is 78.6 Å². The summed E-state index contributed by atoms with van der Waals surface area (Å²) >= 11 is 0. The maximum atomic E-state index is 10.8. The van der Waals surface area contributed by atoms with Gasteiger partial charge in [-0.05, 0) is 12.8 Å². The molecule has 6 nitrogen and oxygen atoms in total. The van der Waals surface area contributed by atoms with E-state index in [0.29, 0.717) is 32.4 Å². The first kappa shape index (κ1) is 11.9. The van der Waals surface area contributed by atoms with Crippen LogP contribution < -0.4 is 0 Å². The first-order valence-corrected chi connectivity index (χ1v) is 5.67. The van der Waals surface area contributed by atoms with Crippen LogP contribution in [0.5, 0.6) is 0 Å². The van der Waals surface area contributed by atoms with E-state index in [4.69, 9.17) is 5.11 Å². The largest absolute Gasteiger partial charge is 0.465 e. The van der Waals surface area contributed by atoms with E-state index in [1.807, 2.05) is 17.8 Å². The smallest absolute Gasteiger partial charge is 0.407 e. The molecule has 0 aromatic carbocycles. The van der Waals surface area contributed by atoms with Gasteiger partial charge in [0, 0.05) is 39.0 Å². The van der Waals surface area contributed by atoms with E-state index in [0.717, 1.165) is 5.82 Å². The van der Waals surface area contributed by atoms with Crippen LogP contribution in [-0.2, 0) is 13.5 Å². The lowest BCUT2D eigenvalue weighted by molar-refractivity contribution is -0.0180. The number of aliphatic hydroxyl groups is 1. The second-order valence-electron chi connectivity index (χ2n) is 4.63. The molecule has 17 heavy (non-hydrogen) atoms. The molecule has 1 amide bonds. The second-order valence-corrected chi connectivity index (χ2v) is 4.63. The van der Waals surface area contributed by atoms with Crippen LogP contribution in [0.25, 0.3) is 0 Å². The number of piperidine rings is 1. The summed E-state index contributed by atoms with van der Waals surface area (Å²) in [7, 11) is 1.89. The SMILES string of the molecule is Cn1ccnc1CC1(O)CCN(C(=O)O)CC1. The Morgan fingerprint density at radius 3 is 2.65 bits per heavy atom. The standard InChI is InChI=1S/C11H17N3O3/c1-13-7-4-12-9(13)8-11(17)2-5-14(6-3-11)10(15)16/h4,7,17H,2-3,5-6,8H2,1H3,(H,15,16). The minimum atomic E-state index is -0.913. The van der Waals surface area contributed by atoms with Crippen molar-refractivity contribution in [3.8, 4) is 0 Å². The van der Waals surface area contributed by atoms with E-state index < -0.39 is 11.7 Å². The van der Waals surface area contributed by atoms with Crippen molar-refractivity contribution in [3.05, 3.63) is 18.2 Å². The summed E-state index contributed by atoms with van der Waals surface area (Å²) in [6.45, 7) is 0.770. The molecule has 1 aliphatic rings. The first-order chi connectivity index (χ1) is 8.00. The molecule has 2 heterocycles. The van der Waals surface area contributed by atoms with Crippen molar-refractivity contribution < 1.29 is 15.0 Å². The van der Waals surface area contributed by atoms with Gasteiger partial charge in [0.2, 0.25) is 0 Å². The highest BCUT2D eigenvalue weighted by atomic mass is 16.4. The molecule has 0 atom stereocenters. The molecule has 0 bridgehead atoms. The molecule has 94 valence electrons. The van der Waals surface area contributed by atoms with Gasteiger partial charge in [-0.1, -0.05) is 0 Å². The zero-order valence-corrected chi connectivity index (χ0v) is 9.83. The molecule has 0 spiro atoms. The van der Waals surface area contributed by atoms with Gasteiger partial charge in [-0.25, -0.2) is 9.78 Å². The van der Waals surface area contributed by atoms with Gasteiger partial charge in [0.15, 0.2) is 0 Å². The third-order valence-electron chi connectivity index (χ3n) is 3.37. The number of carboxylic acid groups (broad SMARTS) is 1. The molecule has 1 aromatic heterocycles. The molecule has 0 radical (unpaired) electrons. The van der Waals surface area contributed by atoms with Gasteiger partial charge in [-0.15, -0.1) is 0 Å². The Balaban J connectivity index is 1.98. The van der Waals surface area contributed by atoms with E-state index in [-0.39, 0.29) is 0 Å². The van der Waals surface area contributed by atoms with E-state index in [9.17, 15) is 9.90 Å². The summed E-state index contributed by atoms with van der Waals surface area (Å²) in [5.41, 5.74) is -0.828. The Labute approximate surface area is 99.5 Å². The third kappa shape index (κ3) is 2.58. The fourth-order valence-corrected chi connectivity index (χ4v) is 2.15. The van der Waals surface area contributed by atoms with Crippen LogP contribution in [0.3, 0.4) is 0 Å². The third-order valence-corrected chi connectivity index (χ3v) is 3.37. The van der Waals surface area contributed by atoms with Crippen LogP contribution in [0, 0.1) is 0 Å². The minimum absolute atomic E-state index is 0.385. The van der Waals surface area contributed by atoms with E-state index in [1.54, 1.807) is 6.20 Å². The zero-order chi connectivity index (χ0) is 12.5. The molecule has 0 saturated carbocycles. The van der Waals surface area contributed by atoms with Gasteiger partial charge in [-0.2, -0.15) is 0 Å². The number of imidazole rings is 1. The van der Waals surface area contributed by atoms with E-state index >= 15 is 0 Å². The Morgan fingerprint density at radius 2 is 2.18 bits per heavy atom. The lowest BCUT2D eigenvalue weighted by Crippen LogP contribution is -2.47. The molecule has 2 rings (SSSR count). The number of amides is 1. The van der Waals surface area contributed by atoms with Crippen molar-refractivity contribution >= 4 is 6.09 Å². The van der Waals surface area contributed by atoms with Crippen LogP contribution in [0.2, 0.25) is 0 Å². The number of aryl methyl sites for hydroxylation is 1. The number of rotatable bonds is 2. The van der Waals surface area contributed by atoms with Crippen molar-refractivity contribution in [2.75, 3.05) is 13.1 Å². The van der Waals surface area contributed by atoms with Gasteiger partial charge in [0.25, 0.3) is 0 Å². The molecular formula is C11H17N3O3. The van der Waals surface area contributed by atoms with Crippen LogP contribution in [0.4, 0.5) is 4.79 Å². The van der Waals surface area contributed by atoms with Gasteiger partial charge in [-0.3, -0.25) is 0 Å². The number of hydrogen-bond acceptors (Lipinski definition) is 3. The number of nitrogens with zero attached hydrogens (tertiary/aromatic N) is 3. The molecule has 0 unspecified atom stereocenters. The molecule has 6 heteroatoms. The molecule has 1 aliphatic heterocycles. The van der Waals surface area contributed by atoms with Gasteiger partial charge in [0.05, 0.1) is 5.60 Å². The highest BCUT2D eigenvalue weighted by Crippen LogP contribution is 2.25. The van der Waals surface area contributed by atoms with Gasteiger partial charge in [0.1, 0.15) is 5.82 Å². The fraction of sp³-hybridized carbons (Fsp3) is 0.636. The average Bonchev–Trinajstić information content (AvgIpc) is 2.64. The number of hydrogen-bond donors (Lipinski definition) is 2. The normalized spacial score (nSPS) is 19.3. The second kappa shape index (κ2) is 4.37. The van der Waals surface area contributed by atoms with Crippen LogP contribution in [-0.4, -0.2) is 49.4 Å². The predicted octanol–water partition coefficient (Wildman–Crippen LogP) is 0.467. The number of aromatic nitrogens is 2. The lowest BCUT2D eigenvalue weighted by Gasteiger charge is -2.36. The van der Waals surface area contributed by atoms with E-state index in [2.05, 4.69) is 4.98 Å². The summed E-state index contributed by atoms with van der Waals surface area (Å²) in [5, 5.41) is 19.2. The Bertz CT molecular complexity index is 408. The maximum absolute atomic E-state index is 10.8. The Morgan fingerprint density at radius 1 is 1.53 bits per heavy atom. The quantitative estimate of drug-likeness (QED) is 0.786. The van der Waals surface area contributed by atoms with Crippen molar-refractivity contribution in [2.45, 2.75) is 24.9 Å². The Kier molecular flexibility index (Phi) is 3.06. The summed E-state index contributed by atoms with van der Waals surface area (Å²) in [6.07, 6.45) is 4.03. The zero-order valence-electron chi connectivity index (χ0n) is 9.83. The molecule has 0 aliphatic carbocycles. The molecular weight excluding hydrogens is 222 g/mol. The van der Waals surface area contributed by atoms with Crippen molar-refractivity contribution in [3.63, 3.8) is 0 Å². The monoisotopic (exact) mass is 239 g/mol. The maximum Gasteiger partial charge on any atom is 0.407 e. The van der Waals surface area contributed by atoms with Gasteiger partial charge < -0.3 is 19.7 Å². The summed E-state index contributed by atoms with van der Waals surface area (Å²) in [4.78, 5) is 16.3. The summed E-state index contributed by atoms with van der Waals surface area (Å²) in [5.74, 6) is 0.830. The molecule has 2 N–H and O–H groups in total. The highest BCUT2D eigenvalue weighted by Gasteiger charge is 2.34. The van der Waals surface area contributed by atoms with Crippen LogP contribution in [0.1, 0.15) is 18.7 Å². The average molecular weight is 239 g/mol. The number of carbonyl (C=O) groups is 1. The highest BCUT2D eigenvalue weighted by molar-refractivity contribution is 5.65. The van der Waals surface area contributed by atoms with E-state index in [1.165, 1.54) is 4.90 Å². The summed E-state index contributed by atoms with van der Waals surface area (Å²) in [6, 6.07) is 0. The van der Waals surface area contributed by atoms with Crippen molar-refractivity contribution in [1.29, 1.82) is 0 Å².